The summed E-state index contributed by atoms with van der Waals surface area (Å²) in [5, 5.41) is 0. The van der Waals surface area contributed by atoms with Gasteiger partial charge < -0.3 is 13.3 Å². The Labute approximate surface area is 122 Å². The van der Waals surface area contributed by atoms with Crippen LogP contribution in [0.1, 0.15) is 18.1 Å². The molecule has 2 rings (SSSR count). The third kappa shape index (κ3) is 5.26. The molecule has 2 aromatic carbocycles. The maximum atomic E-state index is 5.78. The van der Waals surface area contributed by atoms with Gasteiger partial charge in [0.1, 0.15) is 0 Å². The van der Waals surface area contributed by atoms with Crippen LogP contribution in [0.15, 0.2) is 60.7 Å². The standard InChI is InChI=1S/C16H20O3Si/c1-2-17-20(18-13-15-9-5-3-6-10-15)19-14-16-11-7-4-8-12-16/h3-12,20H,2,13-14H2,1H3. The van der Waals surface area contributed by atoms with Crippen molar-refractivity contribution in [3.8, 4) is 0 Å². The summed E-state index contributed by atoms with van der Waals surface area (Å²) >= 11 is 0. The van der Waals surface area contributed by atoms with Crippen LogP contribution in [-0.2, 0) is 26.5 Å². The third-order valence-corrected chi connectivity index (χ3v) is 4.24. The fourth-order valence-corrected chi connectivity index (χ4v) is 2.98. The smallest absolute Gasteiger partial charge is 0.376 e. The van der Waals surface area contributed by atoms with Gasteiger partial charge in [-0.2, -0.15) is 0 Å². The Morgan fingerprint density at radius 1 is 0.700 bits per heavy atom. The first-order chi connectivity index (χ1) is 9.88. The summed E-state index contributed by atoms with van der Waals surface area (Å²) in [7, 11) is -2.07. The average Bonchev–Trinajstić information content (AvgIpc) is 2.52. The predicted molar refractivity (Wildman–Crippen MR) is 81.2 cm³/mol. The first kappa shape index (κ1) is 14.9. The summed E-state index contributed by atoms with van der Waals surface area (Å²) < 4.78 is 17.1. The topological polar surface area (TPSA) is 27.7 Å². The van der Waals surface area contributed by atoms with Gasteiger partial charge in [0.15, 0.2) is 0 Å². The van der Waals surface area contributed by atoms with Crippen LogP contribution in [0.5, 0.6) is 0 Å². The summed E-state index contributed by atoms with van der Waals surface area (Å²) in [6, 6.07) is 20.1. The van der Waals surface area contributed by atoms with E-state index >= 15 is 0 Å². The van der Waals surface area contributed by atoms with Crippen molar-refractivity contribution in [3.63, 3.8) is 0 Å². The Balaban J connectivity index is 1.81. The van der Waals surface area contributed by atoms with Gasteiger partial charge in [-0.15, -0.1) is 0 Å². The molecule has 0 aliphatic carbocycles. The maximum Gasteiger partial charge on any atom is 0.484 e. The number of benzene rings is 2. The van der Waals surface area contributed by atoms with Gasteiger partial charge >= 0.3 is 9.53 Å². The summed E-state index contributed by atoms with van der Waals surface area (Å²) in [4.78, 5) is 0. The summed E-state index contributed by atoms with van der Waals surface area (Å²) in [5.41, 5.74) is 2.26. The highest BCUT2D eigenvalue weighted by Crippen LogP contribution is 2.06. The van der Waals surface area contributed by atoms with Gasteiger partial charge in [-0.3, -0.25) is 0 Å². The molecule has 0 saturated heterocycles. The monoisotopic (exact) mass is 288 g/mol. The lowest BCUT2D eigenvalue weighted by Gasteiger charge is -2.16. The lowest BCUT2D eigenvalue weighted by Crippen LogP contribution is -2.27. The Hall–Kier alpha value is -1.46. The Morgan fingerprint density at radius 2 is 1.15 bits per heavy atom. The number of hydrogen-bond acceptors (Lipinski definition) is 3. The lowest BCUT2D eigenvalue weighted by atomic mass is 10.2. The zero-order chi connectivity index (χ0) is 14.0. The van der Waals surface area contributed by atoms with Gasteiger partial charge in [0.05, 0.1) is 13.2 Å². The minimum absolute atomic E-state index is 0.534. The molecule has 2 aromatic rings. The van der Waals surface area contributed by atoms with Crippen LogP contribution < -0.4 is 0 Å². The normalized spacial score (nSPS) is 10.9. The second-order valence-corrected chi connectivity index (χ2v) is 5.91. The van der Waals surface area contributed by atoms with E-state index in [1.807, 2.05) is 67.6 Å². The minimum atomic E-state index is -2.07. The molecule has 0 aromatic heterocycles. The first-order valence-corrected chi connectivity index (χ1v) is 8.22. The molecule has 0 heterocycles. The van der Waals surface area contributed by atoms with E-state index in [1.54, 1.807) is 0 Å². The van der Waals surface area contributed by atoms with E-state index in [1.165, 1.54) is 0 Å². The van der Waals surface area contributed by atoms with Gasteiger partial charge in [-0.05, 0) is 18.1 Å². The molecule has 0 aliphatic rings. The van der Waals surface area contributed by atoms with Crippen LogP contribution in [-0.4, -0.2) is 16.1 Å². The molecule has 0 N–H and O–H groups in total. The number of rotatable bonds is 8. The van der Waals surface area contributed by atoms with Crippen LogP contribution in [0, 0.1) is 0 Å². The van der Waals surface area contributed by atoms with Crippen molar-refractivity contribution >= 4 is 9.53 Å². The molecule has 20 heavy (non-hydrogen) atoms. The largest absolute Gasteiger partial charge is 0.484 e. The van der Waals surface area contributed by atoms with Gasteiger partial charge in [0, 0.05) is 6.61 Å². The van der Waals surface area contributed by atoms with Crippen LogP contribution in [0.4, 0.5) is 0 Å². The fraction of sp³-hybridized carbons (Fsp3) is 0.250. The third-order valence-electron chi connectivity index (χ3n) is 2.76. The quantitative estimate of drug-likeness (QED) is 0.698. The molecule has 3 nitrogen and oxygen atoms in total. The molecule has 0 amide bonds. The van der Waals surface area contributed by atoms with E-state index in [0.717, 1.165) is 11.1 Å². The van der Waals surface area contributed by atoms with E-state index in [0.29, 0.717) is 19.8 Å². The molecule has 0 atom stereocenters. The predicted octanol–water partition coefficient (Wildman–Crippen LogP) is 3.17. The van der Waals surface area contributed by atoms with E-state index < -0.39 is 9.53 Å². The Kier molecular flexibility index (Phi) is 6.46. The van der Waals surface area contributed by atoms with E-state index in [4.69, 9.17) is 13.3 Å². The Morgan fingerprint density at radius 3 is 1.55 bits per heavy atom. The zero-order valence-corrected chi connectivity index (χ0v) is 12.9. The fourth-order valence-electron chi connectivity index (χ4n) is 1.76. The molecule has 0 saturated carbocycles. The lowest BCUT2D eigenvalue weighted by molar-refractivity contribution is 0.0860. The van der Waals surface area contributed by atoms with E-state index in [2.05, 4.69) is 0 Å². The highest BCUT2D eigenvalue weighted by molar-refractivity contribution is 6.36. The summed E-state index contributed by atoms with van der Waals surface area (Å²) in [5.74, 6) is 0. The minimum Gasteiger partial charge on any atom is -0.376 e. The molecular formula is C16H20O3Si. The van der Waals surface area contributed by atoms with Crippen LogP contribution in [0.3, 0.4) is 0 Å². The van der Waals surface area contributed by atoms with Crippen LogP contribution in [0.25, 0.3) is 0 Å². The maximum absolute atomic E-state index is 5.78. The second kappa shape index (κ2) is 8.66. The molecule has 0 unspecified atom stereocenters. The van der Waals surface area contributed by atoms with Crippen molar-refractivity contribution in [2.75, 3.05) is 6.61 Å². The average molecular weight is 288 g/mol. The molecule has 0 radical (unpaired) electrons. The number of hydrogen-bond donors (Lipinski definition) is 0. The van der Waals surface area contributed by atoms with Crippen LogP contribution >= 0.6 is 0 Å². The van der Waals surface area contributed by atoms with Crippen molar-refractivity contribution in [2.45, 2.75) is 20.1 Å². The van der Waals surface area contributed by atoms with Crippen LogP contribution in [0.2, 0.25) is 0 Å². The molecule has 0 spiro atoms. The molecule has 106 valence electrons. The highest BCUT2D eigenvalue weighted by atomic mass is 28.3. The van der Waals surface area contributed by atoms with Gasteiger partial charge in [0.25, 0.3) is 0 Å². The van der Waals surface area contributed by atoms with E-state index in [9.17, 15) is 0 Å². The highest BCUT2D eigenvalue weighted by Gasteiger charge is 2.14. The zero-order valence-electron chi connectivity index (χ0n) is 11.7. The molecule has 0 aliphatic heterocycles. The van der Waals surface area contributed by atoms with Crippen molar-refractivity contribution in [3.05, 3.63) is 71.8 Å². The first-order valence-electron chi connectivity index (χ1n) is 6.81. The molecular weight excluding hydrogens is 268 g/mol. The van der Waals surface area contributed by atoms with Crippen molar-refractivity contribution in [1.82, 2.24) is 0 Å². The summed E-state index contributed by atoms with van der Waals surface area (Å²) in [6.07, 6.45) is 0. The van der Waals surface area contributed by atoms with Crippen molar-refractivity contribution in [1.29, 1.82) is 0 Å². The second-order valence-electron chi connectivity index (χ2n) is 4.34. The molecule has 0 bridgehead atoms. The van der Waals surface area contributed by atoms with Crippen molar-refractivity contribution < 1.29 is 13.3 Å². The Bertz CT molecular complexity index is 432. The SMILES string of the molecule is CCO[SiH](OCc1ccccc1)OCc1ccccc1. The van der Waals surface area contributed by atoms with Crippen molar-refractivity contribution in [2.24, 2.45) is 0 Å². The van der Waals surface area contributed by atoms with Gasteiger partial charge in [0.2, 0.25) is 0 Å². The molecule has 0 fully saturated rings. The molecule has 4 heteroatoms. The van der Waals surface area contributed by atoms with E-state index in [-0.39, 0.29) is 0 Å². The van der Waals surface area contributed by atoms with Gasteiger partial charge in [-0.25, -0.2) is 0 Å². The van der Waals surface area contributed by atoms with Gasteiger partial charge in [-0.1, -0.05) is 60.7 Å². The summed E-state index contributed by atoms with van der Waals surface area (Å²) in [6.45, 7) is 3.64.